The quantitative estimate of drug-likeness (QED) is 0.692. The molecule has 3 rings (SSSR count). The molecular formula is C13H14ClN3O2S. The molecule has 20 heavy (non-hydrogen) atoms. The van der Waals surface area contributed by atoms with E-state index < -0.39 is 0 Å². The molecule has 5 nitrogen and oxygen atoms in total. The molecule has 0 saturated heterocycles. The minimum absolute atomic E-state index is 0.192. The SMILES string of the molecule is CCOC(=O)c1sc2nc(Cl)nc(NC3CC3)c2c1C. The number of fused-ring (bicyclic) bond motifs is 1. The molecule has 1 N–H and O–H groups in total. The molecule has 0 bridgehead atoms. The molecule has 2 aromatic heterocycles. The number of thiophene rings is 1. The van der Waals surface area contributed by atoms with Gasteiger partial charge in [-0.15, -0.1) is 11.3 Å². The first-order chi connectivity index (χ1) is 9.60. The molecular weight excluding hydrogens is 298 g/mol. The predicted octanol–water partition coefficient (Wildman–Crippen LogP) is 3.40. The number of carbonyl (C=O) groups excluding carboxylic acids is 1. The van der Waals surface area contributed by atoms with E-state index in [0.29, 0.717) is 28.2 Å². The van der Waals surface area contributed by atoms with Crippen molar-refractivity contribution in [2.75, 3.05) is 11.9 Å². The molecule has 0 aromatic carbocycles. The van der Waals surface area contributed by atoms with Crippen molar-refractivity contribution < 1.29 is 9.53 Å². The van der Waals surface area contributed by atoms with Crippen LogP contribution in [0.2, 0.25) is 5.28 Å². The van der Waals surface area contributed by atoms with Gasteiger partial charge in [0.15, 0.2) is 0 Å². The van der Waals surface area contributed by atoms with E-state index in [2.05, 4.69) is 15.3 Å². The summed E-state index contributed by atoms with van der Waals surface area (Å²) in [4.78, 5) is 21.7. The fourth-order valence-corrected chi connectivity index (χ4v) is 3.32. The van der Waals surface area contributed by atoms with Crippen LogP contribution in [0.15, 0.2) is 0 Å². The van der Waals surface area contributed by atoms with Gasteiger partial charge in [-0.1, -0.05) is 0 Å². The molecule has 2 aromatic rings. The molecule has 7 heteroatoms. The third-order valence-corrected chi connectivity index (χ3v) is 4.48. The number of aryl methyl sites for hydroxylation is 1. The van der Waals surface area contributed by atoms with Crippen LogP contribution in [0.1, 0.15) is 35.0 Å². The van der Waals surface area contributed by atoms with E-state index in [1.165, 1.54) is 11.3 Å². The number of hydrogen-bond acceptors (Lipinski definition) is 6. The summed E-state index contributed by atoms with van der Waals surface area (Å²) < 4.78 is 5.07. The lowest BCUT2D eigenvalue weighted by atomic mass is 10.2. The van der Waals surface area contributed by atoms with Gasteiger partial charge in [-0.3, -0.25) is 0 Å². The van der Waals surface area contributed by atoms with Gasteiger partial charge in [0, 0.05) is 6.04 Å². The topological polar surface area (TPSA) is 64.1 Å². The van der Waals surface area contributed by atoms with E-state index in [1.807, 2.05) is 6.92 Å². The Morgan fingerprint density at radius 2 is 2.25 bits per heavy atom. The molecule has 106 valence electrons. The van der Waals surface area contributed by atoms with E-state index >= 15 is 0 Å². The van der Waals surface area contributed by atoms with Crippen molar-refractivity contribution in [1.82, 2.24) is 9.97 Å². The summed E-state index contributed by atoms with van der Waals surface area (Å²) in [5, 5.41) is 4.41. The Morgan fingerprint density at radius 3 is 2.90 bits per heavy atom. The van der Waals surface area contributed by atoms with Crippen LogP contribution < -0.4 is 5.32 Å². The number of esters is 1. The molecule has 0 radical (unpaired) electrons. The highest BCUT2D eigenvalue weighted by Crippen LogP contribution is 2.36. The second-order valence-corrected chi connectivity index (χ2v) is 6.05. The fraction of sp³-hybridized carbons (Fsp3) is 0.462. The second kappa shape index (κ2) is 5.18. The first kappa shape index (κ1) is 13.6. The summed E-state index contributed by atoms with van der Waals surface area (Å²) in [7, 11) is 0. The van der Waals surface area contributed by atoms with Crippen LogP contribution in [0.3, 0.4) is 0 Å². The Bertz CT molecular complexity index is 682. The smallest absolute Gasteiger partial charge is 0.348 e. The van der Waals surface area contributed by atoms with Crippen LogP contribution in [-0.2, 0) is 4.74 Å². The summed E-state index contributed by atoms with van der Waals surface area (Å²) in [6.45, 7) is 4.03. The van der Waals surface area contributed by atoms with Crippen LogP contribution >= 0.6 is 22.9 Å². The number of anilines is 1. The second-order valence-electron chi connectivity index (χ2n) is 4.72. The Balaban J connectivity index is 2.11. The van der Waals surface area contributed by atoms with Crippen LogP contribution in [0.4, 0.5) is 5.82 Å². The zero-order chi connectivity index (χ0) is 14.3. The maximum absolute atomic E-state index is 12.0. The minimum Gasteiger partial charge on any atom is -0.462 e. The molecule has 1 fully saturated rings. The van der Waals surface area contributed by atoms with Crippen molar-refractivity contribution in [2.45, 2.75) is 32.7 Å². The third kappa shape index (κ3) is 2.45. The number of carbonyl (C=O) groups is 1. The van der Waals surface area contributed by atoms with Crippen molar-refractivity contribution in [3.63, 3.8) is 0 Å². The summed E-state index contributed by atoms with van der Waals surface area (Å²) in [6, 6.07) is 0.453. The van der Waals surface area contributed by atoms with Crippen molar-refractivity contribution in [2.24, 2.45) is 0 Å². The summed E-state index contributed by atoms with van der Waals surface area (Å²) in [6.07, 6.45) is 2.27. The average molecular weight is 312 g/mol. The fourth-order valence-electron chi connectivity index (χ4n) is 2.03. The first-order valence-electron chi connectivity index (χ1n) is 6.50. The molecule has 2 heterocycles. The van der Waals surface area contributed by atoms with Gasteiger partial charge in [-0.05, 0) is 43.9 Å². The van der Waals surface area contributed by atoms with Gasteiger partial charge in [-0.25, -0.2) is 14.8 Å². The Kier molecular flexibility index (Phi) is 3.52. The van der Waals surface area contributed by atoms with Gasteiger partial charge in [0.2, 0.25) is 5.28 Å². The van der Waals surface area contributed by atoms with Gasteiger partial charge in [0.1, 0.15) is 15.5 Å². The van der Waals surface area contributed by atoms with Gasteiger partial charge in [0.25, 0.3) is 0 Å². The van der Waals surface area contributed by atoms with Crippen molar-refractivity contribution in [3.05, 3.63) is 15.7 Å². The van der Waals surface area contributed by atoms with E-state index in [9.17, 15) is 4.79 Å². The molecule has 1 aliphatic carbocycles. The largest absolute Gasteiger partial charge is 0.462 e. The highest BCUT2D eigenvalue weighted by Gasteiger charge is 2.26. The van der Waals surface area contributed by atoms with Crippen LogP contribution in [-0.4, -0.2) is 28.6 Å². The molecule has 0 atom stereocenters. The van der Waals surface area contributed by atoms with E-state index in [0.717, 1.165) is 23.8 Å². The van der Waals surface area contributed by atoms with Crippen LogP contribution in [0, 0.1) is 6.92 Å². The van der Waals surface area contributed by atoms with Crippen LogP contribution in [0.25, 0.3) is 10.2 Å². The molecule has 1 saturated carbocycles. The Labute approximate surface area is 125 Å². The highest BCUT2D eigenvalue weighted by molar-refractivity contribution is 7.20. The molecule has 1 aliphatic rings. The molecule has 0 spiro atoms. The summed E-state index contributed by atoms with van der Waals surface area (Å²) in [5.74, 6) is 0.397. The lowest BCUT2D eigenvalue weighted by Crippen LogP contribution is -2.05. The molecule has 0 amide bonds. The van der Waals surface area contributed by atoms with Gasteiger partial charge in [0.05, 0.1) is 12.0 Å². The highest BCUT2D eigenvalue weighted by atomic mass is 35.5. The number of ether oxygens (including phenoxy) is 1. The maximum Gasteiger partial charge on any atom is 0.348 e. The summed E-state index contributed by atoms with van der Waals surface area (Å²) >= 11 is 7.26. The number of halogens is 1. The van der Waals surface area contributed by atoms with E-state index in [-0.39, 0.29) is 11.3 Å². The lowest BCUT2D eigenvalue weighted by molar-refractivity contribution is 0.0531. The van der Waals surface area contributed by atoms with Crippen LogP contribution in [0.5, 0.6) is 0 Å². The van der Waals surface area contributed by atoms with Gasteiger partial charge >= 0.3 is 5.97 Å². The molecule has 0 aliphatic heterocycles. The van der Waals surface area contributed by atoms with Gasteiger partial charge < -0.3 is 10.1 Å². The first-order valence-corrected chi connectivity index (χ1v) is 7.70. The summed E-state index contributed by atoms with van der Waals surface area (Å²) in [5.41, 5.74) is 0.850. The number of rotatable bonds is 4. The number of aromatic nitrogens is 2. The Hall–Kier alpha value is -1.40. The van der Waals surface area contributed by atoms with E-state index in [4.69, 9.17) is 16.3 Å². The average Bonchev–Trinajstić information content (AvgIpc) is 3.13. The normalized spacial score (nSPS) is 14.6. The maximum atomic E-state index is 12.0. The monoisotopic (exact) mass is 311 g/mol. The number of nitrogens with one attached hydrogen (secondary N) is 1. The molecule has 0 unspecified atom stereocenters. The number of hydrogen-bond donors (Lipinski definition) is 1. The predicted molar refractivity (Wildman–Crippen MR) is 79.8 cm³/mol. The zero-order valence-corrected chi connectivity index (χ0v) is 12.8. The third-order valence-electron chi connectivity index (χ3n) is 3.14. The Morgan fingerprint density at radius 1 is 1.50 bits per heavy atom. The zero-order valence-electron chi connectivity index (χ0n) is 11.2. The van der Waals surface area contributed by atoms with Crippen molar-refractivity contribution in [1.29, 1.82) is 0 Å². The number of nitrogens with zero attached hydrogens (tertiary/aromatic N) is 2. The lowest BCUT2D eigenvalue weighted by Gasteiger charge is -2.06. The van der Waals surface area contributed by atoms with Crippen molar-refractivity contribution in [3.8, 4) is 0 Å². The van der Waals surface area contributed by atoms with Gasteiger partial charge in [-0.2, -0.15) is 0 Å². The standard InChI is InChI=1S/C13H14ClN3O2S/c1-3-19-12(18)9-6(2)8-10(15-7-4-5-7)16-13(14)17-11(8)20-9/h7H,3-5H2,1-2H3,(H,15,16,17). The van der Waals surface area contributed by atoms with E-state index in [1.54, 1.807) is 6.92 Å². The van der Waals surface area contributed by atoms with Crippen molar-refractivity contribution >= 4 is 44.9 Å². The minimum atomic E-state index is -0.318.